The molecule has 2 aliphatic rings. The summed E-state index contributed by atoms with van der Waals surface area (Å²) in [7, 11) is 3.73. The van der Waals surface area contributed by atoms with Crippen LogP contribution < -0.4 is 10.2 Å². The van der Waals surface area contributed by atoms with Crippen LogP contribution in [0.25, 0.3) is 22.0 Å². The number of Topliss-reactive ketones (excluding diaryl/α,β-unsaturated/α-hetero) is 1. The van der Waals surface area contributed by atoms with Crippen LogP contribution in [0.3, 0.4) is 0 Å². The minimum Gasteiger partial charge on any atom is -0.347 e. The molecule has 0 unspecified atom stereocenters. The van der Waals surface area contributed by atoms with Gasteiger partial charge in [-0.15, -0.1) is 0 Å². The Labute approximate surface area is 256 Å². The maximum Gasteiger partial charge on any atom is 0.248 e. The fraction of sp³-hybridized carbons (Fsp3) is 0.323. The minimum absolute atomic E-state index is 0.157. The van der Waals surface area contributed by atoms with Gasteiger partial charge in [0.1, 0.15) is 34.7 Å². The molecule has 6 rings (SSSR count). The molecule has 4 aromatic rings. The second-order valence-corrected chi connectivity index (χ2v) is 12.2. The first-order valence-corrected chi connectivity index (χ1v) is 14.5. The van der Waals surface area contributed by atoms with Gasteiger partial charge in [0.15, 0.2) is 5.78 Å². The summed E-state index contributed by atoms with van der Waals surface area (Å²) in [4.78, 5) is 56.6. The SMILES string of the molecule is CC(=O)c1nn(CC(=O)N2[C@H](C(=O)Nc3nc(Br)ccc3C)C[C@@]3(C)C#C[C@@H]23)c2ccc(-c3cnc(N(C)C)nc3)cc12. The predicted molar refractivity (Wildman–Crippen MR) is 165 cm³/mol. The number of ketones is 1. The van der Waals surface area contributed by atoms with Crippen molar-refractivity contribution < 1.29 is 14.4 Å². The Morgan fingerprint density at radius 1 is 1.14 bits per heavy atom. The number of pyridine rings is 1. The van der Waals surface area contributed by atoms with E-state index in [1.54, 1.807) is 23.4 Å². The first-order chi connectivity index (χ1) is 20.4. The second-order valence-electron chi connectivity index (χ2n) is 11.4. The standard InChI is InChI=1S/C31H29BrN8O3/c1-17-6-9-25(32)35-28(17)36-29(43)23-13-31(3)11-10-24(31)40(23)26(42)16-39-22-8-7-19(12-21(22)27(37-39)18(2)41)20-14-33-30(34-15-20)38(4)5/h6-9,12,14-15,23-24H,13,16H2,1-5H3,(H,35,36,43)/t23-,24+,31+/m0/s1. The van der Waals surface area contributed by atoms with Gasteiger partial charge in [-0.05, 0) is 65.5 Å². The molecule has 218 valence electrons. The lowest BCUT2D eigenvalue weighted by Crippen LogP contribution is -2.50. The van der Waals surface area contributed by atoms with Crippen molar-refractivity contribution in [3.8, 4) is 23.0 Å². The fourth-order valence-corrected chi connectivity index (χ4v) is 5.93. The Hall–Kier alpha value is -4.63. The number of fused-ring (bicyclic) bond motifs is 2. The molecule has 4 heterocycles. The maximum atomic E-state index is 13.9. The number of anilines is 2. The highest BCUT2D eigenvalue weighted by Crippen LogP contribution is 2.45. The fourth-order valence-electron chi connectivity index (χ4n) is 5.62. The molecule has 2 amide bonds. The summed E-state index contributed by atoms with van der Waals surface area (Å²) < 4.78 is 2.12. The molecule has 1 saturated heterocycles. The van der Waals surface area contributed by atoms with Gasteiger partial charge in [0.05, 0.1) is 10.9 Å². The number of aromatic nitrogens is 5. The third-order valence-corrected chi connectivity index (χ3v) is 8.41. The molecule has 0 spiro atoms. The molecule has 3 aromatic heterocycles. The van der Waals surface area contributed by atoms with Crippen molar-refractivity contribution in [1.82, 2.24) is 29.6 Å². The zero-order valence-electron chi connectivity index (χ0n) is 24.3. The van der Waals surface area contributed by atoms with Crippen molar-refractivity contribution in [3.63, 3.8) is 0 Å². The number of rotatable bonds is 7. The van der Waals surface area contributed by atoms with E-state index in [-0.39, 0.29) is 29.8 Å². The molecular formula is C31H29BrN8O3. The lowest BCUT2D eigenvalue weighted by atomic mass is 9.76. The van der Waals surface area contributed by atoms with Gasteiger partial charge in [0.25, 0.3) is 0 Å². The third-order valence-electron chi connectivity index (χ3n) is 7.97. The summed E-state index contributed by atoms with van der Waals surface area (Å²) in [5.41, 5.74) is 2.82. The first-order valence-electron chi connectivity index (χ1n) is 13.7. The molecule has 1 aliphatic heterocycles. The summed E-state index contributed by atoms with van der Waals surface area (Å²) >= 11 is 3.35. The van der Waals surface area contributed by atoms with Crippen LogP contribution in [0.15, 0.2) is 47.3 Å². The Bertz CT molecular complexity index is 1870. The topological polar surface area (TPSA) is 126 Å². The van der Waals surface area contributed by atoms with Gasteiger partial charge in [-0.1, -0.05) is 24.0 Å². The number of hydrogen-bond donors (Lipinski definition) is 1. The predicted octanol–water partition coefficient (Wildman–Crippen LogP) is 3.86. The Kier molecular flexibility index (Phi) is 7.01. The lowest BCUT2D eigenvalue weighted by Gasteiger charge is -2.34. The van der Waals surface area contributed by atoms with Gasteiger partial charge in [0, 0.05) is 44.4 Å². The molecule has 1 N–H and O–H groups in total. The van der Waals surface area contributed by atoms with Crippen LogP contribution in [0, 0.1) is 24.2 Å². The maximum absolute atomic E-state index is 13.9. The van der Waals surface area contributed by atoms with Crippen molar-refractivity contribution in [2.24, 2.45) is 5.41 Å². The smallest absolute Gasteiger partial charge is 0.248 e. The average molecular weight is 642 g/mol. The van der Waals surface area contributed by atoms with Crippen molar-refractivity contribution in [2.45, 2.75) is 45.8 Å². The van der Waals surface area contributed by atoms with E-state index in [4.69, 9.17) is 0 Å². The number of nitrogens with one attached hydrogen (secondary N) is 1. The number of amides is 2. The second kappa shape index (κ2) is 10.6. The highest BCUT2D eigenvalue weighted by molar-refractivity contribution is 9.10. The van der Waals surface area contributed by atoms with Gasteiger partial charge in [-0.2, -0.15) is 5.10 Å². The van der Waals surface area contributed by atoms with Crippen molar-refractivity contribution in [1.29, 1.82) is 0 Å². The van der Waals surface area contributed by atoms with Gasteiger partial charge in [-0.25, -0.2) is 15.0 Å². The van der Waals surface area contributed by atoms with E-state index in [2.05, 4.69) is 53.1 Å². The van der Waals surface area contributed by atoms with Crippen LogP contribution in [0.2, 0.25) is 0 Å². The highest BCUT2D eigenvalue weighted by Gasteiger charge is 2.56. The van der Waals surface area contributed by atoms with E-state index in [9.17, 15) is 14.4 Å². The number of carbonyl (C=O) groups excluding carboxylic acids is 3. The zero-order chi connectivity index (χ0) is 30.6. The van der Waals surface area contributed by atoms with Crippen LogP contribution in [0.5, 0.6) is 0 Å². The van der Waals surface area contributed by atoms with Crippen LogP contribution >= 0.6 is 15.9 Å². The number of nitrogens with zero attached hydrogens (tertiary/aromatic N) is 7. The van der Waals surface area contributed by atoms with E-state index >= 15 is 0 Å². The lowest BCUT2D eigenvalue weighted by molar-refractivity contribution is -0.138. The molecule has 11 nitrogen and oxygen atoms in total. The van der Waals surface area contributed by atoms with E-state index in [0.717, 1.165) is 16.7 Å². The van der Waals surface area contributed by atoms with Crippen molar-refractivity contribution in [2.75, 3.05) is 24.3 Å². The number of benzene rings is 1. The van der Waals surface area contributed by atoms with E-state index < -0.39 is 17.5 Å². The number of hydrogen-bond acceptors (Lipinski definition) is 8. The van der Waals surface area contributed by atoms with Gasteiger partial charge >= 0.3 is 0 Å². The Balaban J connectivity index is 1.30. The van der Waals surface area contributed by atoms with Crippen molar-refractivity contribution in [3.05, 3.63) is 58.6 Å². The van der Waals surface area contributed by atoms with Crippen LogP contribution in [-0.4, -0.2) is 73.4 Å². The van der Waals surface area contributed by atoms with Crippen LogP contribution in [0.4, 0.5) is 11.8 Å². The van der Waals surface area contributed by atoms with E-state index in [0.29, 0.717) is 33.7 Å². The quantitative estimate of drug-likeness (QED) is 0.183. The third kappa shape index (κ3) is 5.03. The monoisotopic (exact) mass is 640 g/mol. The summed E-state index contributed by atoms with van der Waals surface area (Å²) in [5.74, 6) is 6.40. The molecule has 1 aliphatic carbocycles. The number of carbonyl (C=O) groups is 3. The van der Waals surface area contributed by atoms with Crippen LogP contribution in [0.1, 0.15) is 36.3 Å². The number of likely N-dealkylation sites (tertiary alicyclic amines) is 1. The average Bonchev–Trinajstić information content (AvgIpc) is 3.43. The molecular weight excluding hydrogens is 612 g/mol. The molecule has 3 atom stereocenters. The first kappa shape index (κ1) is 28.5. The molecule has 0 bridgehead atoms. The van der Waals surface area contributed by atoms with Gasteiger partial charge in [0.2, 0.25) is 17.8 Å². The number of halogens is 1. The normalized spacial score (nSPS) is 20.2. The molecule has 12 heteroatoms. The van der Waals surface area contributed by atoms with Gasteiger partial charge in [-0.3, -0.25) is 19.1 Å². The summed E-state index contributed by atoms with van der Waals surface area (Å²) in [6.45, 7) is 5.12. The van der Waals surface area contributed by atoms with E-state index in [1.165, 1.54) is 11.6 Å². The zero-order valence-corrected chi connectivity index (χ0v) is 25.9. The largest absolute Gasteiger partial charge is 0.347 e. The highest BCUT2D eigenvalue weighted by atomic mass is 79.9. The summed E-state index contributed by atoms with van der Waals surface area (Å²) in [6.07, 6.45) is 3.86. The molecule has 43 heavy (non-hydrogen) atoms. The Morgan fingerprint density at radius 2 is 1.88 bits per heavy atom. The van der Waals surface area contributed by atoms with Gasteiger partial charge < -0.3 is 15.1 Å². The van der Waals surface area contributed by atoms with E-state index in [1.807, 2.05) is 57.1 Å². The minimum atomic E-state index is -0.754. The van der Waals surface area contributed by atoms with Crippen molar-refractivity contribution >= 4 is 56.2 Å². The number of aryl methyl sites for hydroxylation is 1. The Morgan fingerprint density at radius 3 is 2.53 bits per heavy atom. The molecule has 0 saturated carbocycles. The summed E-state index contributed by atoms with van der Waals surface area (Å²) in [5, 5.41) is 8.06. The molecule has 0 radical (unpaired) electrons. The molecule has 1 fully saturated rings. The molecule has 1 aromatic carbocycles. The van der Waals surface area contributed by atoms with Crippen LogP contribution in [-0.2, 0) is 16.1 Å². The summed E-state index contributed by atoms with van der Waals surface area (Å²) in [6, 6.07) is 8.09.